The molecular formula is C24H30F7N3O2. The third kappa shape index (κ3) is 6.18. The first kappa shape index (κ1) is 26.8. The second-order valence-electron chi connectivity index (χ2n) is 10.1. The van der Waals surface area contributed by atoms with E-state index in [-0.39, 0.29) is 24.3 Å². The summed E-state index contributed by atoms with van der Waals surface area (Å²) in [6.45, 7) is 3.92. The van der Waals surface area contributed by atoms with Gasteiger partial charge in [0.1, 0.15) is 5.82 Å². The van der Waals surface area contributed by atoms with Gasteiger partial charge in [0.2, 0.25) is 0 Å². The Bertz CT molecular complexity index is 909. The molecule has 0 aromatic heterocycles. The van der Waals surface area contributed by atoms with E-state index in [0.717, 1.165) is 61.5 Å². The number of carbonyl (C=O) groups excluding carboxylic acids is 1. The lowest BCUT2D eigenvalue weighted by Crippen LogP contribution is -2.50. The van der Waals surface area contributed by atoms with Crippen molar-refractivity contribution in [3.63, 3.8) is 0 Å². The lowest BCUT2D eigenvalue weighted by molar-refractivity contribution is -0.308. The van der Waals surface area contributed by atoms with Crippen molar-refractivity contribution in [1.29, 1.82) is 0 Å². The predicted molar refractivity (Wildman–Crippen MR) is 118 cm³/mol. The summed E-state index contributed by atoms with van der Waals surface area (Å²) in [5.41, 5.74) is 1.76. The highest BCUT2D eigenvalue weighted by atomic mass is 19.4. The van der Waals surface area contributed by atoms with Gasteiger partial charge in [-0.1, -0.05) is 6.07 Å². The van der Waals surface area contributed by atoms with E-state index in [1.54, 1.807) is 12.1 Å². The molecule has 0 radical (unpaired) electrons. The van der Waals surface area contributed by atoms with Gasteiger partial charge in [0.25, 0.3) is 6.10 Å². The van der Waals surface area contributed by atoms with Crippen LogP contribution >= 0.6 is 0 Å². The molecule has 0 unspecified atom stereocenters. The summed E-state index contributed by atoms with van der Waals surface area (Å²) in [7, 11) is 0. The molecule has 0 saturated carbocycles. The van der Waals surface area contributed by atoms with Crippen molar-refractivity contribution in [2.24, 2.45) is 5.41 Å². The van der Waals surface area contributed by atoms with Crippen molar-refractivity contribution in [3.05, 3.63) is 29.6 Å². The van der Waals surface area contributed by atoms with E-state index in [0.29, 0.717) is 25.9 Å². The first-order valence-electron chi connectivity index (χ1n) is 12.2. The van der Waals surface area contributed by atoms with Gasteiger partial charge in [0, 0.05) is 45.0 Å². The smallest absolute Gasteiger partial charge is 0.426 e. The summed E-state index contributed by atoms with van der Waals surface area (Å²) < 4.78 is 94.2. The Hall–Kier alpha value is -2.24. The fourth-order valence-corrected chi connectivity index (χ4v) is 5.57. The Kier molecular flexibility index (Phi) is 7.64. The molecule has 202 valence electrons. The highest BCUT2D eigenvalue weighted by Crippen LogP contribution is 2.42. The average Bonchev–Trinajstić information content (AvgIpc) is 3.19. The van der Waals surface area contributed by atoms with E-state index >= 15 is 0 Å². The zero-order valence-corrected chi connectivity index (χ0v) is 19.8. The van der Waals surface area contributed by atoms with Crippen LogP contribution in [0.4, 0.5) is 41.2 Å². The van der Waals surface area contributed by atoms with E-state index < -0.39 is 24.5 Å². The number of carbonyl (C=O) groups is 1. The second-order valence-corrected chi connectivity index (χ2v) is 10.1. The molecule has 1 amide bonds. The summed E-state index contributed by atoms with van der Waals surface area (Å²) >= 11 is 0. The fourth-order valence-electron chi connectivity index (χ4n) is 5.57. The fraction of sp³-hybridized carbons (Fsp3) is 0.708. The SMILES string of the molecule is O=C(OC(C(F)(F)F)C(F)(F)F)N1CCC2(CCN(Cc3ccc(F)cc3N3CCCCC3)C2)CC1. The molecule has 0 bridgehead atoms. The normalized spacial score (nSPS) is 21.4. The molecule has 1 spiro atoms. The molecule has 4 rings (SSSR count). The van der Waals surface area contributed by atoms with Crippen molar-refractivity contribution < 1.29 is 40.3 Å². The topological polar surface area (TPSA) is 36.0 Å². The molecule has 3 fully saturated rings. The number of alkyl halides is 6. The largest absolute Gasteiger partial charge is 0.434 e. The van der Waals surface area contributed by atoms with Crippen LogP contribution in [0.1, 0.15) is 44.1 Å². The molecule has 12 heteroatoms. The minimum atomic E-state index is -5.73. The van der Waals surface area contributed by atoms with Crippen molar-refractivity contribution >= 4 is 11.8 Å². The summed E-state index contributed by atoms with van der Waals surface area (Å²) in [5, 5.41) is 0. The third-order valence-corrected chi connectivity index (χ3v) is 7.55. The lowest BCUT2D eigenvalue weighted by atomic mass is 9.78. The van der Waals surface area contributed by atoms with Gasteiger partial charge in [-0.25, -0.2) is 9.18 Å². The van der Waals surface area contributed by atoms with Gasteiger partial charge in [-0.05, 0) is 68.2 Å². The Balaban J connectivity index is 1.34. The molecule has 0 aliphatic carbocycles. The number of piperidine rings is 2. The monoisotopic (exact) mass is 525 g/mol. The van der Waals surface area contributed by atoms with Gasteiger partial charge in [0.05, 0.1) is 0 Å². The third-order valence-electron chi connectivity index (χ3n) is 7.55. The standard InChI is InChI=1S/C24H30F7N3O2/c25-18-5-4-17(19(14-18)33-9-2-1-3-10-33)15-32-11-6-22(16-32)7-12-34(13-8-22)21(35)36-20(23(26,27)28)24(29,30)31/h4-5,14,20H,1-3,6-13,15-16H2. The molecule has 3 aliphatic heterocycles. The summed E-state index contributed by atoms with van der Waals surface area (Å²) in [6, 6.07) is 4.83. The molecule has 36 heavy (non-hydrogen) atoms. The van der Waals surface area contributed by atoms with Crippen molar-refractivity contribution in [1.82, 2.24) is 9.80 Å². The Morgan fingerprint density at radius 3 is 2.14 bits per heavy atom. The van der Waals surface area contributed by atoms with E-state index in [2.05, 4.69) is 14.5 Å². The molecule has 3 aliphatic rings. The van der Waals surface area contributed by atoms with Crippen LogP contribution in [0.5, 0.6) is 0 Å². The first-order chi connectivity index (χ1) is 16.9. The van der Waals surface area contributed by atoms with Crippen molar-refractivity contribution in [3.8, 4) is 0 Å². The number of likely N-dealkylation sites (tertiary alicyclic amines) is 2. The highest BCUT2D eigenvalue weighted by Gasteiger charge is 2.60. The lowest BCUT2D eigenvalue weighted by Gasteiger charge is -2.39. The molecule has 3 heterocycles. The molecule has 1 aromatic rings. The van der Waals surface area contributed by atoms with Gasteiger partial charge in [0.15, 0.2) is 0 Å². The summed E-state index contributed by atoms with van der Waals surface area (Å²) in [6.07, 6.45) is -12.2. The van der Waals surface area contributed by atoms with Gasteiger partial charge in [-0.3, -0.25) is 4.90 Å². The maximum atomic E-state index is 14.0. The minimum absolute atomic E-state index is 0.0324. The number of benzene rings is 1. The number of amides is 1. The molecular weight excluding hydrogens is 495 g/mol. The average molecular weight is 526 g/mol. The van der Waals surface area contributed by atoms with Crippen LogP contribution in [0.25, 0.3) is 0 Å². The van der Waals surface area contributed by atoms with Crippen LogP contribution in [0, 0.1) is 11.2 Å². The van der Waals surface area contributed by atoms with E-state index in [9.17, 15) is 35.5 Å². The van der Waals surface area contributed by atoms with Crippen LogP contribution in [0.15, 0.2) is 18.2 Å². The molecule has 1 aromatic carbocycles. The van der Waals surface area contributed by atoms with E-state index in [1.807, 2.05) is 0 Å². The van der Waals surface area contributed by atoms with Gasteiger partial charge >= 0.3 is 18.4 Å². The molecule has 0 atom stereocenters. The number of hydrogen-bond acceptors (Lipinski definition) is 4. The van der Waals surface area contributed by atoms with Crippen molar-refractivity contribution in [2.75, 3.05) is 44.2 Å². The minimum Gasteiger partial charge on any atom is -0.426 e. The van der Waals surface area contributed by atoms with Crippen molar-refractivity contribution in [2.45, 2.75) is 63.5 Å². The van der Waals surface area contributed by atoms with Crippen LogP contribution < -0.4 is 4.90 Å². The highest BCUT2D eigenvalue weighted by molar-refractivity contribution is 5.68. The molecule has 5 nitrogen and oxygen atoms in total. The number of nitrogens with zero attached hydrogens (tertiary/aromatic N) is 3. The predicted octanol–water partition coefficient (Wildman–Crippen LogP) is 5.73. The maximum Gasteiger partial charge on any atom is 0.434 e. The Labute approximate surface area is 205 Å². The second kappa shape index (κ2) is 10.3. The van der Waals surface area contributed by atoms with Gasteiger partial charge in [-0.15, -0.1) is 0 Å². The number of halogens is 7. The number of hydrogen-bond donors (Lipinski definition) is 0. The number of rotatable bonds is 4. The van der Waals surface area contributed by atoms with Crippen LogP contribution in [-0.2, 0) is 11.3 Å². The first-order valence-corrected chi connectivity index (χ1v) is 12.2. The Morgan fingerprint density at radius 1 is 0.917 bits per heavy atom. The zero-order chi connectivity index (χ0) is 26.1. The number of anilines is 1. The number of ether oxygens (including phenoxy) is 1. The van der Waals surface area contributed by atoms with Crippen LogP contribution in [0.2, 0.25) is 0 Å². The van der Waals surface area contributed by atoms with Crippen LogP contribution in [0.3, 0.4) is 0 Å². The summed E-state index contributed by atoms with van der Waals surface area (Å²) in [5.74, 6) is -0.283. The molecule has 0 N–H and O–H groups in total. The quantitative estimate of drug-likeness (QED) is 0.471. The molecule has 3 saturated heterocycles. The van der Waals surface area contributed by atoms with Crippen LogP contribution in [-0.4, -0.2) is 73.6 Å². The van der Waals surface area contributed by atoms with Gasteiger partial charge in [-0.2, -0.15) is 26.3 Å². The zero-order valence-electron chi connectivity index (χ0n) is 19.8. The maximum absolute atomic E-state index is 14.0. The van der Waals surface area contributed by atoms with E-state index in [1.165, 1.54) is 6.07 Å². The Morgan fingerprint density at radius 2 is 1.53 bits per heavy atom. The van der Waals surface area contributed by atoms with Gasteiger partial charge < -0.3 is 14.5 Å². The summed E-state index contributed by atoms with van der Waals surface area (Å²) in [4.78, 5) is 17.5. The van der Waals surface area contributed by atoms with E-state index in [4.69, 9.17) is 0 Å².